The van der Waals surface area contributed by atoms with E-state index in [2.05, 4.69) is 18.4 Å². The Bertz CT molecular complexity index is 561. The van der Waals surface area contributed by atoms with Crippen LogP contribution in [0.25, 0.3) is 0 Å². The first-order valence-electron chi connectivity index (χ1n) is 7.59. The normalized spacial score (nSPS) is 12.7. The van der Waals surface area contributed by atoms with Crippen molar-refractivity contribution in [1.29, 1.82) is 0 Å². The molecule has 0 aromatic heterocycles. The molecule has 0 aliphatic carbocycles. The molecule has 1 aromatic carbocycles. The first-order chi connectivity index (χ1) is 10.5. The van der Waals surface area contributed by atoms with E-state index in [0.717, 1.165) is 5.56 Å². The molecule has 1 atom stereocenters. The van der Waals surface area contributed by atoms with Crippen molar-refractivity contribution in [2.75, 3.05) is 19.7 Å². The van der Waals surface area contributed by atoms with Crippen LogP contribution < -0.4 is 0 Å². The minimum Gasteiger partial charge on any atom is -0.354 e. The van der Waals surface area contributed by atoms with Crippen molar-refractivity contribution in [1.82, 2.24) is 4.90 Å². The van der Waals surface area contributed by atoms with Gasteiger partial charge in [0, 0.05) is 13.1 Å². The number of ether oxygens (including phenoxy) is 1. The standard InChI is InChI=1S/C19H25NO2/c1-6-19(5,17-13-11-16(4)12-14-17)22-15-9-10-18(21)20(7-2)8-3/h6,11-14H,1,7-8,15H2,2-5H3. The molecule has 0 aliphatic rings. The molecule has 1 rings (SSSR count). The van der Waals surface area contributed by atoms with Crippen LogP contribution in [-0.4, -0.2) is 30.5 Å². The lowest BCUT2D eigenvalue weighted by molar-refractivity contribution is -0.124. The monoisotopic (exact) mass is 299 g/mol. The van der Waals surface area contributed by atoms with Crippen molar-refractivity contribution < 1.29 is 9.53 Å². The Morgan fingerprint density at radius 2 is 1.91 bits per heavy atom. The first-order valence-corrected chi connectivity index (χ1v) is 7.59. The van der Waals surface area contributed by atoms with Gasteiger partial charge < -0.3 is 9.64 Å². The zero-order chi connectivity index (χ0) is 16.6. The van der Waals surface area contributed by atoms with Crippen molar-refractivity contribution in [3.63, 3.8) is 0 Å². The number of nitrogens with zero attached hydrogens (tertiary/aromatic N) is 1. The molecule has 0 aliphatic heterocycles. The van der Waals surface area contributed by atoms with E-state index in [1.54, 1.807) is 11.0 Å². The van der Waals surface area contributed by atoms with Crippen molar-refractivity contribution in [2.24, 2.45) is 0 Å². The number of hydrogen-bond acceptors (Lipinski definition) is 2. The molecule has 1 aromatic rings. The van der Waals surface area contributed by atoms with Gasteiger partial charge in [0.2, 0.25) is 0 Å². The number of amides is 1. The van der Waals surface area contributed by atoms with E-state index in [9.17, 15) is 4.79 Å². The first kappa shape index (κ1) is 18.0. The van der Waals surface area contributed by atoms with Crippen molar-refractivity contribution in [3.8, 4) is 11.8 Å². The lowest BCUT2D eigenvalue weighted by Crippen LogP contribution is -2.29. The zero-order valence-corrected chi connectivity index (χ0v) is 14.0. The van der Waals surface area contributed by atoms with Crippen molar-refractivity contribution >= 4 is 5.91 Å². The predicted octanol–water partition coefficient (Wildman–Crippen LogP) is 3.28. The summed E-state index contributed by atoms with van der Waals surface area (Å²) in [5.41, 5.74) is 1.60. The highest BCUT2D eigenvalue weighted by Crippen LogP contribution is 2.26. The molecule has 0 N–H and O–H groups in total. The maximum Gasteiger partial charge on any atom is 0.298 e. The molecule has 0 fully saturated rings. The van der Waals surface area contributed by atoms with Crippen LogP contribution in [0.5, 0.6) is 0 Å². The maximum absolute atomic E-state index is 11.8. The summed E-state index contributed by atoms with van der Waals surface area (Å²) >= 11 is 0. The molecule has 22 heavy (non-hydrogen) atoms. The van der Waals surface area contributed by atoms with E-state index in [-0.39, 0.29) is 12.5 Å². The van der Waals surface area contributed by atoms with Gasteiger partial charge in [0.05, 0.1) is 0 Å². The number of hydrogen-bond donors (Lipinski definition) is 0. The van der Waals surface area contributed by atoms with Gasteiger partial charge in [0.15, 0.2) is 0 Å². The van der Waals surface area contributed by atoms with Gasteiger partial charge in [-0.15, -0.1) is 0 Å². The van der Waals surface area contributed by atoms with Gasteiger partial charge in [-0.1, -0.05) is 48.4 Å². The lowest BCUT2D eigenvalue weighted by Gasteiger charge is -2.26. The molecule has 3 nitrogen and oxygen atoms in total. The van der Waals surface area contributed by atoms with Gasteiger partial charge >= 0.3 is 0 Å². The average Bonchev–Trinajstić information content (AvgIpc) is 2.53. The molecular weight excluding hydrogens is 274 g/mol. The van der Waals surface area contributed by atoms with Crippen LogP contribution in [-0.2, 0) is 15.1 Å². The molecule has 0 saturated heterocycles. The fourth-order valence-corrected chi connectivity index (χ4v) is 2.03. The number of aryl methyl sites for hydroxylation is 1. The number of carbonyl (C=O) groups excluding carboxylic acids is 1. The summed E-state index contributed by atoms with van der Waals surface area (Å²) < 4.78 is 5.84. The van der Waals surface area contributed by atoms with Crippen LogP contribution in [0.2, 0.25) is 0 Å². The Hall–Kier alpha value is -2.05. The third-order valence-electron chi connectivity index (χ3n) is 3.70. The molecule has 3 heteroatoms. The third kappa shape index (κ3) is 4.75. The fraction of sp³-hybridized carbons (Fsp3) is 0.421. The minimum atomic E-state index is -0.610. The second-order valence-corrected chi connectivity index (χ2v) is 5.25. The molecule has 0 radical (unpaired) electrons. The minimum absolute atomic E-state index is 0.163. The quantitative estimate of drug-likeness (QED) is 0.596. The van der Waals surface area contributed by atoms with Gasteiger partial charge in [-0.2, -0.15) is 0 Å². The van der Waals surface area contributed by atoms with Crippen LogP contribution in [0.3, 0.4) is 0 Å². The maximum atomic E-state index is 11.8. The molecule has 0 heterocycles. The summed E-state index contributed by atoms with van der Waals surface area (Å²) in [7, 11) is 0. The molecule has 0 saturated carbocycles. The highest BCUT2D eigenvalue weighted by atomic mass is 16.5. The van der Waals surface area contributed by atoms with Crippen molar-refractivity contribution in [3.05, 3.63) is 48.0 Å². The Morgan fingerprint density at radius 3 is 2.41 bits per heavy atom. The van der Waals surface area contributed by atoms with Crippen LogP contribution in [0.15, 0.2) is 36.9 Å². The van der Waals surface area contributed by atoms with E-state index >= 15 is 0 Å². The largest absolute Gasteiger partial charge is 0.354 e. The average molecular weight is 299 g/mol. The molecule has 0 bridgehead atoms. The van der Waals surface area contributed by atoms with E-state index in [1.165, 1.54) is 5.56 Å². The predicted molar refractivity (Wildman–Crippen MR) is 90.4 cm³/mol. The summed E-state index contributed by atoms with van der Waals surface area (Å²) in [6.07, 6.45) is 1.76. The van der Waals surface area contributed by atoms with Crippen LogP contribution in [0.1, 0.15) is 31.9 Å². The number of benzene rings is 1. The Kier molecular flexibility index (Phi) is 6.88. The van der Waals surface area contributed by atoms with Gasteiger partial charge in [-0.3, -0.25) is 4.79 Å². The zero-order valence-electron chi connectivity index (χ0n) is 14.0. The SMILES string of the molecule is C=CC(C)(OCC#CC(=O)N(CC)CC)c1ccc(C)cc1. The summed E-state index contributed by atoms with van der Waals surface area (Å²) in [6.45, 7) is 13.2. The lowest BCUT2D eigenvalue weighted by atomic mass is 9.95. The van der Waals surface area contributed by atoms with Gasteiger partial charge in [0.25, 0.3) is 5.91 Å². The summed E-state index contributed by atoms with van der Waals surface area (Å²) in [5.74, 6) is 5.25. The molecule has 118 valence electrons. The van der Waals surface area contributed by atoms with E-state index in [0.29, 0.717) is 13.1 Å². The Balaban J connectivity index is 2.70. The summed E-state index contributed by atoms with van der Waals surface area (Å²) in [5, 5.41) is 0. The van der Waals surface area contributed by atoms with Crippen molar-refractivity contribution in [2.45, 2.75) is 33.3 Å². The third-order valence-corrected chi connectivity index (χ3v) is 3.70. The van der Waals surface area contributed by atoms with Gasteiger partial charge in [-0.05, 0) is 39.2 Å². The van der Waals surface area contributed by atoms with E-state index in [1.807, 2.05) is 52.0 Å². The highest BCUT2D eigenvalue weighted by molar-refractivity contribution is 5.93. The molecule has 1 unspecified atom stereocenters. The van der Waals surface area contributed by atoms with Gasteiger partial charge in [0.1, 0.15) is 12.2 Å². The number of rotatable bonds is 6. The highest BCUT2D eigenvalue weighted by Gasteiger charge is 2.22. The topological polar surface area (TPSA) is 29.5 Å². The van der Waals surface area contributed by atoms with Gasteiger partial charge in [-0.25, -0.2) is 0 Å². The number of carbonyl (C=O) groups is 1. The van der Waals surface area contributed by atoms with Crippen LogP contribution in [0, 0.1) is 18.8 Å². The van der Waals surface area contributed by atoms with Crippen LogP contribution in [0.4, 0.5) is 0 Å². The van der Waals surface area contributed by atoms with E-state index in [4.69, 9.17) is 4.74 Å². The molecule has 1 amide bonds. The fourth-order valence-electron chi connectivity index (χ4n) is 2.03. The summed E-state index contributed by atoms with van der Waals surface area (Å²) in [6, 6.07) is 8.11. The second kappa shape index (κ2) is 8.41. The Morgan fingerprint density at radius 1 is 1.32 bits per heavy atom. The second-order valence-electron chi connectivity index (χ2n) is 5.25. The van der Waals surface area contributed by atoms with Crippen LogP contribution >= 0.6 is 0 Å². The smallest absolute Gasteiger partial charge is 0.298 e. The van der Waals surface area contributed by atoms with E-state index < -0.39 is 5.60 Å². The molecule has 0 spiro atoms. The molecular formula is C19H25NO2. The summed E-state index contributed by atoms with van der Waals surface area (Å²) in [4.78, 5) is 13.5. The Labute approximate surface area is 134 Å².